The third-order valence-electron chi connectivity index (χ3n) is 3.98. The molecule has 31 heavy (non-hydrogen) atoms. The van der Waals surface area contributed by atoms with Gasteiger partial charge in [0.05, 0.1) is 25.2 Å². The van der Waals surface area contributed by atoms with Crippen molar-refractivity contribution in [3.8, 4) is 17.2 Å². The van der Waals surface area contributed by atoms with E-state index in [0.29, 0.717) is 30.6 Å². The van der Waals surface area contributed by atoms with Gasteiger partial charge < -0.3 is 9.15 Å². The van der Waals surface area contributed by atoms with Crippen molar-refractivity contribution in [3.05, 3.63) is 72.1 Å². The Hall–Kier alpha value is -2.62. The largest absolute Gasteiger partial charge is 0.493 e. The molecule has 0 fully saturated rings. The number of thioether (sulfide) groups is 1. The molecule has 9 heteroatoms. The zero-order valence-electron chi connectivity index (χ0n) is 17.1. The Morgan fingerprint density at radius 1 is 1.03 bits per heavy atom. The molecule has 0 aliphatic carbocycles. The summed E-state index contributed by atoms with van der Waals surface area (Å²) in [6.45, 7) is 0.750. The molecule has 0 N–H and O–H groups in total. The highest BCUT2D eigenvalue weighted by molar-refractivity contribution is 7.98. The Kier molecular flexibility index (Phi) is 8.69. The van der Waals surface area contributed by atoms with Crippen LogP contribution in [0.15, 0.2) is 65.1 Å². The number of aromatic nitrogens is 2. The van der Waals surface area contributed by atoms with Gasteiger partial charge in [0.25, 0.3) is 10.1 Å². The standard InChI is InChI=1S/C22H24N2O5S2/c1-31(25,26)28-14-6-5-7-18-10-12-19(13-11-18)22-24-23-21(29-22)17-30-16-15-27-20-8-3-2-4-9-20/h2-5,7-13H,6,14-17H2,1H3/b7-5+. The van der Waals surface area contributed by atoms with Crippen molar-refractivity contribution in [2.24, 2.45) is 0 Å². The number of nitrogens with zero attached hydrogens (tertiary/aromatic N) is 2. The lowest BCUT2D eigenvalue weighted by Gasteiger charge is -2.04. The lowest BCUT2D eigenvalue weighted by atomic mass is 10.1. The molecule has 0 radical (unpaired) electrons. The van der Waals surface area contributed by atoms with Crippen LogP contribution < -0.4 is 4.74 Å². The molecular formula is C22H24N2O5S2. The minimum absolute atomic E-state index is 0.134. The minimum Gasteiger partial charge on any atom is -0.493 e. The van der Waals surface area contributed by atoms with Gasteiger partial charge in [-0.2, -0.15) is 8.42 Å². The normalized spacial score (nSPS) is 11.8. The summed E-state index contributed by atoms with van der Waals surface area (Å²) in [5.74, 6) is 3.37. The molecule has 3 rings (SSSR count). The number of ether oxygens (including phenoxy) is 1. The van der Waals surface area contributed by atoms with Crippen LogP contribution in [0.25, 0.3) is 17.5 Å². The predicted molar refractivity (Wildman–Crippen MR) is 122 cm³/mol. The SMILES string of the molecule is CS(=O)(=O)OCC/C=C/c1ccc(-c2nnc(CSCCOc3ccccc3)o2)cc1. The van der Waals surface area contributed by atoms with E-state index in [1.807, 2.05) is 66.7 Å². The highest BCUT2D eigenvalue weighted by atomic mass is 32.2. The molecule has 1 aromatic heterocycles. The lowest BCUT2D eigenvalue weighted by molar-refractivity contribution is 0.329. The average molecular weight is 461 g/mol. The zero-order chi connectivity index (χ0) is 21.9. The molecule has 7 nitrogen and oxygen atoms in total. The van der Waals surface area contributed by atoms with Crippen LogP contribution in [0.2, 0.25) is 0 Å². The second-order valence-electron chi connectivity index (χ2n) is 6.55. The molecule has 0 saturated heterocycles. The summed E-state index contributed by atoms with van der Waals surface area (Å²) < 4.78 is 37.9. The van der Waals surface area contributed by atoms with E-state index in [4.69, 9.17) is 13.3 Å². The first-order chi connectivity index (χ1) is 15.0. The number of hydrogen-bond acceptors (Lipinski definition) is 8. The van der Waals surface area contributed by atoms with E-state index in [1.165, 1.54) is 0 Å². The van der Waals surface area contributed by atoms with E-state index in [2.05, 4.69) is 10.2 Å². The number of para-hydroxylation sites is 1. The third-order valence-corrected chi connectivity index (χ3v) is 5.48. The summed E-state index contributed by atoms with van der Waals surface area (Å²) in [7, 11) is -3.39. The molecule has 1 heterocycles. The Morgan fingerprint density at radius 2 is 1.81 bits per heavy atom. The van der Waals surface area contributed by atoms with Crippen LogP contribution >= 0.6 is 11.8 Å². The summed E-state index contributed by atoms with van der Waals surface area (Å²) in [4.78, 5) is 0. The first kappa shape index (κ1) is 23.1. The molecule has 3 aromatic rings. The fourth-order valence-electron chi connectivity index (χ4n) is 2.55. The van der Waals surface area contributed by atoms with Crippen molar-refractivity contribution >= 4 is 28.0 Å². The van der Waals surface area contributed by atoms with Crippen molar-refractivity contribution in [2.45, 2.75) is 12.2 Å². The highest BCUT2D eigenvalue weighted by Gasteiger charge is 2.08. The van der Waals surface area contributed by atoms with E-state index < -0.39 is 10.1 Å². The highest BCUT2D eigenvalue weighted by Crippen LogP contribution is 2.21. The maximum absolute atomic E-state index is 10.9. The quantitative estimate of drug-likeness (QED) is 0.290. The van der Waals surface area contributed by atoms with Gasteiger partial charge >= 0.3 is 0 Å². The van der Waals surface area contributed by atoms with Crippen LogP contribution in [0.3, 0.4) is 0 Å². The van der Waals surface area contributed by atoms with Gasteiger partial charge in [-0.1, -0.05) is 42.5 Å². The molecule has 0 aliphatic rings. The molecule has 0 aliphatic heterocycles. The Morgan fingerprint density at radius 3 is 2.55 bits per heavy atom. The summed E-state index contributed by atoms with van der Waals surface area (Å²) in [6, 6.07) is 17.4. The van der Waals surface area contributed by atoms with E-state index in [0.717, 1.165) is 28.9 Å². The van der Waals surface area contributed by atoms with Gasteiger partial charge in [-0.25, -0.2) is 0 Å². The van der Waals surface area contributed by atoms with Crippen LogP contribution in [0, 0.1) is 0 Å². The van der Waals surface area contributed by atoms with Crippen LogP contribution in [0.1, 0.15) is 17.9 Å². The van der Waals surface area contributed by atoms with Gasteiger partial charge in [0.15, 0.2) is 0 Å². The molecule has 2 aromatic carbocycles. The number of hydrogen-bond donors (Lipinski definition) is 0. The first-order valence-electron chi connectivity index (χ1n) is 9.69. The Bertz CT molecular complexity index is 1060. The fourth-order valence-corrected chi connectivity index (χ4v) is 3.58. The summed E-state index contributed by atoms with van der Waals surface area (Å²) in [6.07, 6.45) is 5.32. The van der Waals surface area contributed by atoms with Gasteiger partial charge in [0.2, 0.25) is 11.8 Å². The Balaban J connectivity index is 1.40. The average Bonchev–Trinajstić information content (AvgIpc) is 3.23. The topological polar surface area (TPSA) is 91.5 Å². The van der Waals surface area contributed by atoms with Gasteiger partial charge in [-0.15, -0.1) is 22.0 Å². The fraction of sp³-hybridized carbons (Fsp3) is 0.273. The van der Waals surface area contributed by atoms with Gasteiger partial charge in [0, 0.05) is 11.3 Å². The molecule has 164 valence electrons. The van der Waals surface area contributed by atoms with Gasteiger partial charge in [-0.3, -0.25) is 4.18 Å². The second-order valence-corrected chi connectivity index (χ2v) is 9.30. The summed E-state index contributed by atoms with van der Waals surface area (Å²) in [5.41, 5.74) is 1.82. The molecular weight excluding hydrogens is 436 g/mol. The van der Waals surface area contributed by atoms with Crippen molar-refractivity contribution in [1.82, 2.24) is 10.2 Å². The van der Waals surface area contributed by atoms with Crippen LogP contribution in [-0.2, 0) is 20.1 Å². The van der Waals surface area contributed by atoms with Gasteiger partial charge in [0.1, 0.15) is 5.75 Å². The minimum atomic E-state index is -3.39. The van der Waals surface area contributed by atoms with Gasteiger partial charge in [-0.05, 0) is 36.2 Å². The maximum Gasteiger partial charge on any atom is 0.264 e. The van der Waals surface area contributed by atoms with Crippen LogP contribution in [-0.4, -0.2) is 43.8 Å². The van der Waals surface area contributed by atoms with Crippen molar-refractivity contribution < 1.29 is 21.8 Å². The molecule has 0 unspecified atom stereocenters. The van der Waals surface area contributed by atoms with Crippen molar-refractivity contribution in [1.29, 1.82) is 0 Å². The lowest BCUT2D eigenvalue weighted by Crippen LogP contribution is -2.02. The second kappa shape index (κ2) is 11.7. The first-order valence-corrected chi connectivity index (χ1v) is 12.7. The van der Waals surface area contributed by atoms with Crippen molar-refractivity contribution in [2.75, 3.05) is 25.2 Å². The van der Waals surface area contributed by atoms with Crippen LogP contribution in [0.5, 0.6) is 5.75 Å². The maximum atomic E-state index is 10.9. The van der Waals surface area contributed by atoms with E-state index >= 15 is 0 Å². The molecule has 0 amide bonds. The van der Waals surface area contributed by atoms with E-state index in [9.17, 15) is 8.42 Å². The summed E-state index contributed by atoms with van der Waals surface area (Å²) in [5, 5.41) is 8.22. The van der Waals surface area contributed by atoms with E-state index in [-0.39, 0.29) is 6.61 Å². The molecule has 0 spiro atoms. The number of rotatable bonds is 12. The zero-order valence-corrected chi connectivity index (χ0v) is 18.8. The molecule has 0 atom stereocenters. The van der Waals surface area contributed by atoms with Crippen molar-refractivity contribution in [3.63, 3.8) is 0 Å². The predicted octanol–water partition coefficient (Wildman–Crippen LogP) is 4.43. The monoisotopic (exact) mass is 460 g/mol. The Labute approximate surface area is 186 Å². The summed E-state index contributed by atoms with van der Waals surface area (Å²) >= 11 is 1.67. The van der Waals surface area contributed by atoms with Crippen LogP contribution in [0.4, 0.5) is 0 Å². The molecule has 0 bridgehead atoms. The third kappa shape index (κ3) is 8.56. The number of benzene rings is 2. The van der Waals surface area contributed by atoms with E-state index in [1.54, 1.807) is 11.8 Å². The molecule has 0 saturated carbocycles. The smallest absolute Gasteiger partial charge is 0.264 e.